The van der Waals surface area contributed by atoms with Gasteiger partial charge in [-0.15, -0.1) is 0 Å². The molecule has 0 saturated heterocycles. The molecule has 1 aliphatic carbocycles. The number of urea groups is 1. The van der Waals surface area contributed by atoms with E-state index in [1.54, 1.807) is 18.2 Å². The summed E-state index contributed by atoms with van der Waals surface area (Å²) in [6.07, 6.45) is 2.51. The van der Waals surface area contributed by atoms with E-state index in [1.807, 2.05) is 0 Å². The molecule has 0 atom stereocenters. The van der Waals surface area contributed by atoms with E-state index in [1.165, 1.54) is 0 Å². The largest absolute Gasteiger partial charge is 0.480 e. The number of rotatable bonds is 4. The number of hydrogen-bond acceptors (Lipinski definition) is 2. The summed E-state index contributed by atoms with van der Waals surface area (Å²) in [6.45, 7) is 0.206. The maximum atomic E-state index is 11.9. The van der Waals surface area contributed by atoms with Gasteiger partial charge in [-0.1, -0.05) is 42.1 Å². The highest BCUT2D eigenvalue weighted by molar-refractivity contribution is 6.35. The molecule has 1 aliphatic rings. The molecule has 114 valence electrons. The van der Waals surface area contributed by atoms with Gasteiger partial charge in [0.15, 0.2) is 0 Å². The van der Waals surface area contributed by atoms with Crippen molar-refractivity contribution in [1.29, 1.82) is 0 Å². The molecule has 7 heteroatoms. The normalized spacial score (nSPS) is 16.5. The van der Waals surface area contributed by atoms with E-state index in [2.05, 4.69) is 10.6 Å². The number of carboxylic acid groups (broad SMARTS) is 1. The molecular weight excluding hydrogens is 315 g/mol. The van der Waals surface area contributed by atoms with E-state index in [0.717, 1.165) is 12.8 Å². The molecule has 0 bridgehead atoms. The molecule has 2 amide bonds. The fourth-order valence-electron chi connectivity index (χ4n) is 2.47. The van der Waals surface area contributed by atoms with Gasteiger partial charge in [-0.3, -0.25) is 0 Å². The summed E-state index contributed by atoms with van der Waals surface area (Å²) in [7, 11) is 0. The van der Waals surface area contributed by atoms with Gasteiger partial charge in [0.05, 0.1) is 0 Å². The van der Waals surface area contributed by atoms with Crippen molar-refractivity contribution in [2.24, 2.45) is 0 Å². The number of halogens is 2. The lowest BCUT2D eigenvalue weighted by molar-refractivity contribution is -0.144. The van der Waals surface area contributed by atoms with Crippen LogP contribution in [-0.4, -0.2) is 22.6 Å². The Kier molecular flexibility index (Phi) is 4.96. The molecule has 0 heterocycles. The zero-order valence-electron chi connectivity index (χ0n) is 11.3. The van der Waals surface area contributed by atoms with Crippen molar-refractivity contribution in [2.75, 3.05) is 0 Å². The van der Waals surface area contributed by atoms with E-state index >= 15 is 0 Å². The molecule has 0 spiro atoms. The molecule has 2 rings (SSSR count). The van der Waals surface area contributed by atoms with Crippen molar-refractivity contribution >= 4 is 35.2 Å². The van der Waals surface area contributed by atoms with Crippen molar-refractivity contribution in [1.82, 2.24) is 10.6 Å². The van der Waals surface area contributed by atoms with Gasteiger partial charge in [0.1, 0.15) is 5.54 Å². The van der Waals surface area contributed by atoms with Gasteiger partial charge < -0.3 is 15.7 Å². The number of carboxylic acids is 1. The minimum atomic E-state index is -1.14. The van der Waals surface area contributed by atoms with Gasteiger partial charge in [-0.05, 0) is 30.5 Å². The molecule has 5 nitrogen and oxygen atoms in total. The topological polar surface area (TPSA) is 78.4 Å². The van der Waals surface area contributed by atoms with Crippen molar-refractivity contribution in [2.45, 2.75) is 37.8 Å². The predicted molar refractivity (Wildman–Crippen MR) is 80.7 cm³/mol. The lowest BCUT2D eigenvalue weighted by atomic mass is 9.98. The van der Waals surface area contributed by atoms with Crippen LogP contribution in [0.1, 0.15) is 31.2 Å². The van der Waals surface area contributed by atoms with Crippen molar-refractivity contribution < 1.29 is 14.7 Å². The van der Waals surface area contributed by atoms with Crippen molar-refractivity contribution in [3.63, 3.8) is 0 Å². The van der Waals surface area contributed by atoms with Crippen LogP contribution >= 0.6 is 23.2 Å². The Morgan fingerprint density at radius 1 is 1.24 bits per heavy atom. The minimum Gasteiger partial charge on any atom is -0.480 e. The maximum Gasteiger partial charge on any atom is 0.329 e. The third-order valence-electron chi connectivity index (χ3n) is 3.67. The Hall–Kier alpha value is -1.46. The van der Waals surface area contributed by atoms with Gasteiger partial charge in [0.25, 0.3) is 0 Å². The minimum absolute atomic E-state index is 0.206. The number of amides is 2. The zero-order chi connectivity index (χ0) is 15.5. The average molecular weight is 331 g/mol. The molecule has 1 fully saturated rings. The Bertz CT molecular complexity index is 557. The first-order valence-corrected chi connectivity index (χ1v) is 7.42. The second kappa shape index (κ2) is 6.54. The molecule has 1 saturated carbocycles. The van der Waals surface area contributed by atoms with E-state index in [9.17, 15) is 14.7 Å². The van der Waals surface area contributed by atoms with Gasteiger partial charge >= 0.3 is 12.0 Å². The molecule has 1 aromatic carbocycles. The highest BCUT2D eigenvalue weighted by atomic mass is 35.5. The Balaban J connectivity index is 1.94. The summed E-state index contributed by atoms with van der Waals surface area (Å²) in [4.78, 5) is 23.3. The lowest BCUT2D eigenvalue weighted by Gasteiger charge is -2.25. The van der Waals surface area contributed by atoms with Crippen LogP contribution in [0, 0.1) is 0 Å². The summed E-state index contributed by atoms with van der Waals surface area (Å²) < 4.78 is 0. The molecule has 3 N–H and O–H groups in total. The molecule has 0 unspecified atom stereocenters. The summed E-state index contributed by atoms with van der Waals surface area (Å²) in [5.41, 5.74) is -0.430. The predicted octanol–water partition coefficient (Wildman–Crippen LogP) is 3.19. The maximum absolute atomic E-state index is 11.9. The molecule has 21 heavy (non-hydrogen) atoms. The van der Waals surface area contributed by atoms with Crippen LogP contribution in [0.2, 0.25) is 10.0 Å². The monoisotopic (exact) mass is 330 g/mol. The van der Waals surface area contributed by atoms with Crippen molar-refractivity contribution in [3.8, 4) is 0 Å². The molecule has 0 aromatic heterocycles. The molecule has 0 radical (unpaired) electrons. The van der Waals surface area contributed by atoms with Gasteiger partial charge in [0.2, 0.25) is 0 Å². The second-order valence-corrected chi connectivity index (χ2v) is 5.98. The summed E-state index contributed by atoms with van der Waals surface area (Å²) in [6, 6.07) is 4.48. The molecular formula is C14H16Cl2N2O3. The number of carbonyl (C=O) groups excluding carboxylic acids is 1. The summed E-state index contributed by atoms with van der Waals surface area (Å²) in [5, 5.41) is 15.5. The molecule has 0 aliphatic heterocycles. The summed E-state index contributed by atoms with van der Waals surface area (Å²) in [5.74, 6) is -0.986. The fraction of sp³-hybridized carbons (Fsp3) is 0.429. The smallest absolute Gasteiger partial charge is 0.329 e. The van der Waals surface area contributed by atoms with Crippen LogP contribution < -0.4 is 10.6 Å². The number of carbonyl (C=O) groups is 2. The Morgan fingerprint density at radius 2 is 1.90 bits per heavy atom. The van der Waals surface area contributed by atoms with E-state index in [0.29, 0.717) is 28.5 Å². The molecule has 1 aromatic rings. The first-order valence-electron chi connectivity index (χ1n) is 6.66. The standard InChI is InChI=1S/C14H16Cl2N2O3/c15-10-4-3-9(11(16)7-10)8-17-13(21)18-14(12(19)20)5-1-2-6-14/h3-4,7H,1-2,5-6,8H2,(H,19,20)(H2,17,18,21). The summed E-state index contributed by atoms with van der Waals surface area (Å²) >= 11 is 11.8. The van der Waals surface area contributed by atoms with Crippen LogP contribution in [0.4, 0.5) is 4.79 Å². The highest BCUT2D eigenvalue weighted by Crippen LogP contribution is 2.29. The SMILES string of the molecule is O=C(NCc1ccc(Cl)cc1Cl)NC1(C(=O)O)CCCC1. The number of aliphatic carboxylic acids is 1. The van der Waals surface area contributed by atoms with E-state index in [4.69, 9.17) is 23.2 Å². The van der Waals surface area contributed by atoms with Crippen LogP contribution in [0.3, 0.4) is 0 Å². The number of hydrogen-bond donors (Lipinski definition) is 3. The van der Waals surface area contributed by atoms with Crippen LogP contribution in [0.15, 0.2) is 18.2 Å². The van der Waals surface area contributed by atoms with Gasteiger partial charge in [0, 0.05) is 16.6 Å². The fourth-order valence-corrected chi connectivity index (χ4v) is 2.95. The van der Waals surface area contributed by atoms with E-state index in [-0.39, 0.29) is 6.54 Å². The second-order valence-electron chi connectivity index (χ2n) is 5.14. The van der Waals surface area contributed by atoms with E-state index < -0.39 is 17.5 Å². The number of benzene rings is 1. The third kappa shape index (κ3) is 3.80. The van der Waals surface area contributed by atoms with Crippen LogP contribution in [0.5, 0.6) is 0 Å². The zero-order valence-corrected chi connectivity index (χ0v) is 12.8. The Labute approximate surface area is 132 Å². The average Bonchev–Trinajstić information content (AvgIpc) is 2.87. The van der Waals surface area contributed by atoms with Gasteiger partial charge in [-0.25, -0.2) is 9.59 Å². The Morgan fingerprint density at radius 3 is 2.48 bits per heavy atom. The number of nitrogens with one attached hydrogen (secondary N) is 2. The highest BCUT2D eigenvalue weighted by Gasteiger charge is 2.42. The first-order chi connectivity index (χ1) is 9.93. The van der Waals surface area contributed by atoms with Gasteiger partial charge in [-0.2, -0.15) is 0 Å². The lowest BCUT2D eigenvalue weighted by Crippen LogP contribution is -2.55. The van der Waals surface area contributed by atoms with Crippen molar-refractivity contribution in [3.05, 3.63) is 33.8 Å². The van der Waals surface area contributed by atoms with Crippen LogP contribution in [0.25, 0.3) is 0 Å². The van der Waals surface area contributed by atoms with Crippen LogP contribution in [-0.2, 0) is 11.3 Å². The quantitative estimate of drug-likeness (QED) is 0.793. The first kappa shape index (κ1) is 15.9. The third-order valence-corrected chi connectivity index (χ3v) is 4.26.